The molecule has 0 radical (unpaired) electrons. The molecule has 2 nitrogen and oxygen atoms in total. The summed E-state index contributed by atoms with van der Waals surface area (Å²) in [5.41, 5.74) is 2.68. The van der Waals surface area contributed by atoms with Gasteiger partial charge in [0.2, 0.25) is 0 Å². The number of halogens is 3. The highest BCUT2D eigenvalue weighted by Gasteiger charge is 2.28. The summed E-state index contributed by atoms with van der Waals surface area (Å²) in [7, 11) is 0. The largest absolute Gasteiger partial charge is 0.310 e. The van der Waals surface area contributed by atoms with Gasteiger partial charge in [-0.2, -0.15) is 0 Å². The van der Waals surface area contributed by atoms with Crippen molar-refractivity contribution < 1.29 is 0 Å². The van der Waals surface area contributed by atoms with E-state index in [-0.39, 0.29) is 24.8 Å². The maximum atomic E-state index is 5.79. The molecular weight excluding hydrogens is 279 g/mol. The summed E-state index contributed by atoms with van der Waals surface area (Å²) in [5.74, 6) is 0.665. The second-order valence-corrected chi connectivity index (χ2v) is 4.67. The van der Waals surface area contributed by atoms with E-state index in [1.165, 1.54) is 24.0 Å². The molecule has 4 rings (SSSR count). The molecule has 1 saturated heterocycles. The lowest BCUT2D eigenvalue weighted by atomic mass is 9.79. The summed E-state index contributed by atoms with van der Waals surface area (Å²) in [4.78, 5) is 4.14. The zero-order valence-corrected chi connectivity index (χ0v) is 11.6. The van der Waals surface area contributed by atoms with E-state index < -0.39 is 0 Å². The third-order valence-corrected chi connectivity index (χ3v) is 3.56. The molecule has 1 fully saturated rings. The van der Waals surface area contributed by atoms with Crippen LogP contribution in [-0.4, -0.2) is 17.6 Å². The maximum absolute atomic E-state index is 5.79. The summed E-state index contributed by atoms with van der Waals surface area (Å²) >= 11 is 5.79. The standard InChI is InChI=1S/C12H13ClN2.2ClH/c13-12-4-2-9(7-15-12)11-5-10-3-1-8(11)6-14-10;;/h2,4-5,7-8,10,14H,1,3,6H2;2*1H. The third kappa shape index (κ3) is 2.94. The number of hydrogen-bond acceptors (Lipinski definition) is 2. The number of nitrogens with one attached hydrogen (secondary N) is 1. The smallest absolute Gasteiger partial charge is 0.129 e. The van der Waals surface area contributed by atoms with E-state index in [0.717, 1.165) is 6.54 Å². The zero-order valence-electron chi connectivity index (χ0n) is 9.23. The number of aromatic nitrogens is 1. The Hall–Kier alpha value is -0.280. The van der Waals surface area contributed by atoms with Gasteiger partial charge in [0.25, 0.3) is 0 Å². The molecule has 0 amide bonds. The van der Waals surface area contributed by atoms with Gasteiger partial charge in [-0.3, -0.25) is 0 Å². The van der Waals surface area contributed by atoms with E-state index in [1.54, 1.807) is 0 Å². The Kier molecular flexibility index (Phi) is 5.26. The number of pyridine rings is 1. The second-order valence-electron chi connectivity index (χ2n) is 4.28. The Morgan fingerprint density at radius 2 is 2.06 bits per heavy atom. The number of hydrogen-bond donors (Lipinski definition) is 1. The number of piperidine rings is 1. The SMILES string of the molecule is Cl.Cl.Clc1ccc(C2=CC3CCC2CN3)cn1. The molecule has 0 spiro atoms. The van der Waals surface area contributed by atoms with Crippen LogP contribution in [0.15, 0.2) is 24.4 Å². The summed E-state index contributed by atoms with van der Waals surface area (Å²) in [6, 6.07) is 4.51. The van der Waals surface area contributed by atoms with Crippen molar-refractivity contribution in [1.29, 1.82) is 0 Å². The number of nitrogens with zero attached hydrogens (tertiary/aromatic N) is 1. The van der Waals surface area contributed by atoms with Crippen LogP contribution in [0.5, 0.6) is 0 Å². The van der Waals surface area contributed by atoms with Gasteiger partial charge >= 0.3 is 0 Å². The molecule has 3 heterocycles. The van der Waals surface area contributed by atoms with E-state index >= 15 is 0 Å². The molecule has 2 aliphatic heterocycles. The topological polar surface area (TPSA) is 24.9 Å². The van der Waals surface area contributed by atoms with E-state index in [2.05, 4.69) is 22.4 Å². The van der Waals surface area contributed by atoms with Crippen LogP contribution in [-0.2, 0) is 0 Å². The van der Waals surface area contributed by atoms with Gasteiger partial charge in [-0.05, 0) is 36.0 Å². The molecule has 3 aliphatic rings. The summed E-state index contributed by atoms with van der Waals surface area (Å²) in [6.45, 7) is 1.11. The van der Waals surface area contributed by atoms with Crippen molar-refractivity contribution in [3.05, 3.63) is 35.1 Å². The van der Waals surface area contributed by atoms with E-state index in [1.807, 2.05) is 12.3 Å². The van der Waals surface area contributed by atoms with E-state index in [9.17, 15) is 0 Å². The van der Waals surface area contributed by atoms with Crippen molar-refractivity contribution in [3.8, 4) is 0 Å². The van der Waals surface area contributed by atoms with Crippen molar-refractivity contribution >= 4 is 42.0 Å². The lowest BCUT2D eigenvalue weighted by molar-refractivity contribution is 0.375. The minimum absolute atomic E-state index is 0. The minimum atomic E-state index is 0. The Labute approximate surface area is 119 Å². The molecule has 1 aromatic heterocycles. The predicted molar refractivity (Wildman–Crippen MR) is 76.2 cm³/mol. The van der Waals surface area contributed by atoms with Crippen molar-refractivity contribution in [2.24, 2.45) is 5.92 Å². The lowest BCUT2D eigenvalue weighted by Gasteiger charge is -2.36. The zero-order chi connectivity index (χ0) is 10.3. The first-order valence-corrected chi connectivity index (χ1v) is 5.78. The fourth-order valence-corrected chi connectivity index (χ4v) is 2.63. The second kappa shape index (κ2) is 6.05. The fourth-order valence-electron chi connectivity index (χ4n) is 2.52. The van der Waals surface area contributed by atoms with Gasteiger partial charge in [-0.1, -0.05) is 23.7 Å². The van der Waals surface area contributed by atoms with Crippen LogP contribution in [0.1, 0.15) is 18.4 Å². The molecule has 2 atom stereocenters. The van der Waals surface area contributed by atoms with E-state index in [0.29, 0.717) is 17.1 Å². The molecule has 2 bridgehead atoms. The lowest BCUT2D eigenvalue weighted by Crippen LogP contribution is -2.42. The molecule has 0 aromatic carbocycles. The Balaban J connectivity index is 0.000000722. The van der Waals surface area contributed by atoms with Gasteiger partial charge in [-0.25, -0.2) is 4.98 Å². The van der Waals surface area contributed by atoms with Crippen molar-refractivity contribution in [3.63, 3.8) is 0 Å². The van der Waals surface area contributed by atoms with Crippen molar-refractivity contribution in [2.45, 2.75) is 18.9 Å². The summed E-state index contributed by atoms with van der Waals surface area (Å²) in [5, 5.41) is 4.07. The summed E-state index contributed by atoms with van der Waals surface area (Å²) < 4.78 is 0. The van der Waals surface area contributed by atoms with Crippen LogP contribution in [0.4, 0.5) is 0 Å². The number of rotatable bonds is 1. The average molecular weight is 294 g/mol. The monoisotopic (exact) mass is 292 g/mol. The normalized spacial score (nSPS) is 25.6. The van der Waals surface area contributed by atoms with Gasteiger partial charge in [0, 0.05) is 18.8 Å². The molecule has 0 saturated carbocycles. The van der Waals surface area contributed by atoms with Gasteiger partial charge in [0.15, 0.2) is 0 Å². The highest BCUT2D eigenvalue weighted by molar-refractivity contribution is 6.29. The number of fused-ring (bicyclic) bond motifs is 2. The highest BCUT2D eigenvalue weighted by Crippen LogP contribution is 2.35. The van der Waals surface area contributed by atoms with Gasteiger partial charge in [0.05, 0.1) is 0 Å². The quantitative estimate of drug-likeness (QED) is 0.803. The highest BCUT2D eigenvalue weighted by atomic mass is 35.5. The van der Waals surface area contributed by atoms with Gasteiger partial charge in [-0.15, -0.1) is 24.8 Å². The fraction of sp³-hybridized carbons (Fsp3) is 0.417. The van der Waals surface area contributed by atoms with Gasteiger partial charge in [0.1, 0.15) is 5.15 Å². The van der Waals surface area contributed by atoms with Crippen LogP contribution in [0, 0.1) is 5.92 Å². The Morgan fingerprint density at radius 1 is 1.24 bits per heavy atom. The molecule has 1 aliphatic carbocycles. The molecule has 1 N–H and O–H groups in total. The maximum Gasteiger partial charge on any atom is 0.129 e. The van der Waals surface area contributed by atoms with Crippen molar-refractivity contribution in [1.82, 2.24) is 10.3 Å². The molecule has 2 unspecified atom stereocenters. The first-order chi connectivity index (χ1) is 7.33. The summed E-state index contributed by atoms with van der Waals surface area (Å²) in [6.07, 6.45) is 6.80. The van der Waals surface area contributed by atoms with Crippen LogP contribution >= 0.6 is 36.4 Å². The van der Waals surface area contributed by atoms with Crippen LogP contribution in [0.3, 0.4) is 0 Å². The predicted octanol–water partition coefficient (Wildman–Crippen LogP) is 3.34. The third-order valence-electron chi connectivity index (χ3n) is 3.33. The average Bonchev–Trinajstić information content (AvgIpc) is 2.31. The first kappa shape index (κ1) is 14.8. The molecule has 1 aromatic rings. The van der Waals surface area contributed by atoms with Crippen LogP contribution in [0.2, 0.25) is 5.15 Å². The Bertz CT molecular complexity index is 395. The molecular formula is C12H15Cl3N2. The molecule has 94 valence electrons. The van der Waals surface area contributed by atoms with Gasteiger partial charge < -0.3 is 5.32 Å². The minimum Gasteiger partial charge on any atom is -0.310 e. The molecule has 17 heavy (non-hydrogen) atoms. The van der Waals surface area contributed by atoms with Crippen LogP contribution in [0.25, 0.3) is 5.57 Å². The molecule has 5 heteroatoms. The van der Waals surface area contributed by atoms with Crippen LogP contribution < -0.4 is 5.32 Å². The van der Waals surface area contributed by atoms with E-state index in [4.69, 9.17) is 11.6 Å². The first-order valence-electron chi connectivity index (χ1n) is 5.40. The Morgan fingerprint density at radius 3 is 2.53 bits per heavy atom. The van der Waals surface area contributed by atoms with Crippen molar-refractivity contribution in [2.75, 3.05) is 6.54 Å².